The maximum atomic E-state index is 11.6. The highest BCUT2D eigenvalue weighted by atomic mass is 31.2. The van der Waals surface area contributed by atoms with E-state index in [4.69, 9.17) is 9.05 Å². The molecule has 0 aliphatic heterocycles. The van der Waals surface area contributed by atoms with Crippen LogP contribution in [0, 0.1) is 17.8 Å². The Bertz CT molecular complexity index is 300. The lowest BCUT2D eigenvalue weighted by Gasteiger charge is -2.23. The van der Waals surface area contributed by atoms with E-state index in [2.05, 4.69) is 6.92 Å². The van der Waals surface area contributed by atoms with Crippen LogP contribution in [0.5, 0.6) is 0 Å². The van der Waals surface area contributed by atoms with Crippen molar-refractivity contribution in [3.05, 3.63) is 0 Å². The minimum absolute atomic E-state index is 0.225. The highest BCUT2D eigenvalue weighted by molar-refractivity contribution is 7.47. The highest BCUT2D eigenvalue weighted by Crippen LogP contribution is 2.44. The summed E-state index contributed by atoms with van der Waals surface area (Å²) < 4.78 is 21.6. The molecule has 1 saturated carbocycles. The number of phosphoric ester groups is 1. The van der Waals surface area contributed by atoms with Gasteiger partial charge in [0.2, 0.25) is 0 Å². The van der Waals surface area contributed by atoms with E-state index in [0.717, 1.165) is 12.3 Å². The first-order valence-corrected chi connectivity index (χ1v) is 9.50. The third-order valence-electron chi connectivity index (χ3n) is 3.89. The SMILES string of the molecule is CC(C)COP(=O)(O)OCC(C)CCC1CCCCC1. The van der Waals surface area contributed by atoms with Gasteiger partial charge in [-0.15, -0.1) is 0 Å². The van der Waals surface area contributed by atoms with Gasteiger partial charge in [0, 0.05) is 0 Å². The summed E-state index contributed by atoms with van der Waals surface area (Å²) >= 11 is 0. The second-order valence-electron chi connectivity index (χ2n) is 6.64. The highest BCUT2D eigenvalue weighted by Gasteiger charge is 2.23. The molecule has 0 amide bonds. The molecule has 120 valence electrons. The lowest BCUT2D eigenvalue weighted by Crippen LogP contribution is -2.11. The van der Waals surface area contributed by atoms with Gasteiger partial charge in [-0.05, 0) is 24.2 Å². The van der Waals surface area contributed by atoms with Crippen molar-refractivity contribution in [2.24, 2.45) is 17.8 Å². The van der Waals surface area contributed by atoms with Crippen LogP contribution in [0.25, 0.3) is 0 Å². The summed E-state index contributed by atoms with van der Waals surface area (Å²) in [6.07, 6.45) is 9.10. The fourth-order valence-corrected chi connectivity index (χ4v) is 3.59. The van der Waals surface area contributed by atoms with Crippen LogP contribution in [0.3, 0.4) is 0 Å². The summed E-state index contributed by atoms with van der Waals surface area (Å²) in [5.41, 5.74) is 0. The third-order valence-corrected chi connectivity index (χ3v) is 4.84. The molecule has 2 unspecified atom stereocenters. The monoisotopic (exact) mass is 306 g/mol. The van der Waals surface area contributed by atoms with E-state index in [1.165, 1.54) is 38.5 Å². The molecule has 0 bridgehead atoms. The van der Waals surface area contributed by atoms with Crippen LogP contribution in [0.1, 0.15) is 65.7 Å². The van der Waals surface area contributed by atoms with Crippen molar-refractivity contribution in [1.82, 2.24) is 0 Å². The summed E-state index contributed by atoms with van der Waals surface area (Å²) in [6, 6.07) is 0. The first-order valence-electron chi connectivity index (χ1n) is 8.01. The average molecular weight is 306 g/mol. The third kappa shape index (κ3) is 8.41. The summed E-state index contributed by atoms with van der Waals surface area (Å²) in [7, 11) is -3.86. The molecule has 1 aliphatic rings. The van der Waals surface area contributed by atoms with Crippen LogP contribution in [0.4, 0.5) is 0 Å². The van der Waals surface area contributed by atoms with Crippen LogP contribution in [-0.2, 0) is 13.6 Å². The second-order valence-corrected chi connectivity index (χ2v) is 8.09. The average Bonchev–Trinajstić information content (AvgIpc) is 2.42. The fourth-order valence-electron chi connectivity index (χ4n) is 2.58. The Hall–Kier alpha value is 0.110. The molecule has 0 aromatic rings. The Morgan fingerprint density at radius 3 is 2.30 bits per heavy atom. The molecule has 0 aromatic heterocycles. The fraction of sp³-hybridized carbons (Fsp3) is 1.00. The van der Waals surface area contributed by atoms with Gasteiger partial charge in [-0.1, -0.05) is 59.3 Å². The Morgan fingerprint density at radius 1 is 1.10 bits per heavy atom. The molecule has 2 atom stereocenters. The minimum Gasteiger partial charge on any atom is -0.302 e. The predicted molar refractivity (Wildman–Crippen MR) is 81.5 cm³/mol. The van der Waals surface area contributed by atoms with Crippen molar-refractivity contribution in [3.8, 4) is 0 Å². The van der Waals surface area contributed by atoms with Crippen molar-refractivity contribution in [2.75, 3.05) is 13.2 Å². The van der Waals surface area contributed by atoms with Gasteiger partial charge in [-0.3, -0.25) is 9.05 Å². The molecule has 1 fully saturated rings. The summed E-state index contributed by atoms with van der Waals surface area (Å²) in [5.74, 6) is 1.38. The van der Waals surface area contributed by atoms with E-state index in [9.17, 15) is 9.46 Å². The van der Waals surface area contributed by atoms with Crippen molar-refractivity contribution < 1.29 is 18.5 Å². The van der Waals surface area contributed by atoms with Gasteiger partial charge in [0.25, 0.3) is 0 Å². The van der Waals surface area contributed by atoms with Gasteiger partial charge in [-0.2, -0.15) is 0 Å². The molecule has 1 N–H and O–H groups in total. The van der Waals surface area contributed by atoms with E-state index in [1.54, 1.807) is 0 Å². The predicted octanol–water partition coefficient (Wildman–Crippen LogP) is 4.77. The van der Waals surface area contributed by atoms with Crippen molar-refractivity contribution >= 4 is 7.82 Å². The Labute approximate surface area is 123 Å². The topological polar surface area (TPSA) is 55.8 Å². The van der Waals surface area contributed by atoms with Crippen LogP contribution < -0.4 is 0 Å². The Morgan fingerprint density at radius 2 is 1.70 bits per heavy atom. The molecule has 0 aromatic carbocycles. The number of rotatable bonds is 9. The Balaban J connectivity index is 2.14. The summed E-state index contributed by atoms with van der Waals surface area (Å²) in [5, 5.41) is 0. The molecule has 0 spiro atoms. The molecular formula is C15H31O4P. The van der Waals surface area contributed by atoms with Gasteiger partial charge >= 0.3 is 7.82 Å². The number of hydrogen-bond donors (Lipinski definition) is 1. The first kappa shape index (κ1) is 18.2. The molecule has 0 saturated heterocycles. The quantitative estimate of drug-likeness (QED) is 0.623. The van der Waals surface area contributed by atoms with E-state index in [1.807, 2.05) is 13.8 Å². The van der Waals surface area contributed by atoms with Crippen LogP contribution in [-0.4, -0.2) is 18.1 Å². The zero-order valence-corrected chi connectivity index (χ0v) is 14.1. The number of phosphoric acid groups is 1. The van der Waals surface area contributed by atoms with Gasteiger partial charge in [0.1, 0.15) is 0 Å². The van der Waals surface area contributed by atoms with Crippen molar-refractivity contribution in [1.29, 1.82) is 0 Å². The van der Waals surface area contributed by atoms with Gasteiger partial charge < -0.3 is 4.89 Å². The molecule has 0 heterocycles. The molecule has 0 radical (unpaired) electrons. The van der Waals surface area contributed by atoms with Crippen LogP contribution in [0.15, 0.2) is 0 Å². The molecule has 20 heavy (non-hydrogen) atoms. The zero-order valence-electron chi connectivity index (χ0n) is 13.2. The van der Waals surface area contributed by atoms with E-state index < -0.39 is 7.82 Å². The first-order chi connectivity index (χ1) is 9.39. The smallest absolute Gasteiger partial charge is 0.302 e. The molecule has 4 nitrogen and oxygen atoms in total. The van der Waals surface area contributed by atoms with E-state index in [-0.39, 0.29) is 12.5 Å². The van der Waals surface area contributed by atoms with Gasteiger partial charge in [0.05, 0.1) is 13.2 Å². The summed E-state index contributed by atoms with van der Waals surface area (Å²) in [6.45, 7) is 6.51. The van der Waals surface area contributed by atoms with Gasteiger partial charge in [0.15, 0.2) is 0 Å². The second kappa shape index (κ2) is 9.19. The molecular weight excluding hydrogens is 275 g/mol. The molecule has 1 aliphatic carbocycles. The van der Waals surface area contributed by atoms with Crippen LogP contribution >= 0.6 is 7.82 Å². The maximum Gasteiger partial charge on any atom is 0.472 e. The standard InChI is InChI=1S/C15H31O4P/c1-13(2)11-18-20(16,17)19-12-14(3)9-10-15-7-5-4-6-8-15/h13-15H,4-12H2,1-3H3,(H,16,17). The normalized spacial score (nSPS) is 21.9. The Kier molecular flexibility index (Phi) is 8.35. The summed E-state index contributed by atoms with van der Waals surface area (Å²) in [4.78, 5) is 9.54. The van der Waals surface area contributed by atoms with Crippen LogP contribution in [0.2, 0.25) is 0 Å². The van der Waals surface area contributed by atoms with Crippen molar-refractivity contribution in [3.63, 3.8) is 0 Å². The van der Waals surface area contributed by atoms with Crippen molar-refractivity contribution in [2.45, 2.75) is 65.7 Å². The number of hydrogen-bond acceptors (Lipinski definition) is 3. The molecule has 1 rings (SSSR count). The maximum absolute atomic E-state index is 11.6. The lowest BCUT2D eigenvalue weighted by molar-refractivity contribution is 0.120. The van der Waals surface area contributed by atoms with E-state index in [0.29, 0.717) is 12.5 Å². The zero-order chi connectivity index (χ0) is 15.0. The van der Waals surface area contributed by atoms with Gasteiger partial charge in [-0.25, -0.2) is 4.57 Å². The largest absolute Gasteiger partial charge is 0.472 e. The molecule has 5 heteroatoms. The van der Waals surface area contributed by atoms with E-state index >= 15 is 0 Å². The minimum atomic E-state index is -3.86. The lowest BCUT2D eigenvalue weighted by atomic mass is 9.84.